The first kappa shape index (κ1) is 15.8. The lowest BCUT2D eigenvalue weighted by atomic mass is 9.95. The zero-order valence-electron chi connectivity index (χ0n) is 12.7. The fourth-order valence-corrected chi connectivity index (χ4v) is 5.22. The number of hydrogen-bond donors (Lipinski definition) is 2. The molecule has 22 heavy (non-hydrogen) atoms. The van der Waals surface area contributed by atoms with E-state index >= 15 is 0 Å². The third-order valence-electron chi connectivity index (χ3n) is 4.99. The third kappa shape index (κ3) is 3.80. The first-order valence-electron chi connectivity index (χ1n) is 8.26. The van der Waals surface area contributed by atoms with E-state index in [1.807, 2.05) is 0 Å². The monoisotopic (exact) mass is 328 g/mol. The quantitative estimate of drug-likeness (QED) is 0.780. The summed E-state index contributed by atoms with van der Waals surface area (Å²) in [6.45, 7) is 0. The van der Waals surface area contributed by atoms with Gasteiger partial charge in [-0.05, 0) is 25.7 Å². The predicted molar refractivity (Wildman–Crippen MR) is 81.8 cm³/mol. The van der Waals surface area contributed by atoms with Crippen molar-refractivity contribution in [2.24, 2.45) is 11.8 Å². The molecule has 6 nitrogen and oxygen atoms in total. The highest BCUT2D eigenvalue weighted by Gasteiger charge is 2.49. The Morgan fingerprint density at radius 3 is 1.95 bits per heavy atom. The van der Waals surface area contributed by atoms with Gasteiger partial charge in [-0.2, -0.15) is 0 Å². The van der Waals surface area contributed by atoms with Gasteiger partial charge < -0.3 is 10.6 Å². The molecular formula is C15H24N2O4S. The SMILES string of the molecule is O=C(NC1CCCCC1)C1CC1C(=O)NC1CCS(=O)(=O)C1. The van der Waals surface area contributed by atoms with Gasteiger partial charge in [-0.15, -0.1) is 0 Å². The molecule has 0 aromatic heterocycles. The van der Waals surface area contributed by atoms with Crippen molar-refractivity contribution >= 4 is 21.7 Å². The van der Waals surface area contributed by atoms with Gasteiger partial charge in [0, 0.05) is 12.1 Å². The maximum atomic E-state index is 12.1. The fraction of sp³-hybridized carbons (Fsp3) is 0.867. The first-order valence-corrected chi connectivity index (χ1v) is 10.1. The molecule has 0 aromatic rings. The van der Waals surface area contributed by atoms with Crippen molar-refractivity contribution in [3.8, 4) is 0 Å². The van der Waals surface area contributed by atoms with Crippen molar-refractivity contribution in [1.82, 2.24) is 10.6 Å². The van der Waals surface area contributed by atoms with E-state index in [1.54, 1.807) is 0 Å². The number of sulfone groups is 1. The molecule has 1 aliphatic heterocycles. The first-order chi connectivity index (χ1) is 10.4. The van der Waals surface area contributed by atoms with Crippen molar-refractivity contribution in [1.29, 1.82) is 0 Å². The average Bonchev–Trinajstić information content (AvgIpc) is 3.20. The van der Waals surface area contributed by atoms with Crippen LogP contribution in [0.2, 0.25) is 0 Å². The molecule has 2 aliphatic carbocycles. The van der Waals surface area contributed by atoms with Crippen LogP contribution in [0.1, 0.15) is 44.9 Å². The maximum absolute atomic E-state index is 12.1. The third-order valence-corrected chi connectivity index (χ3v) is 6.76. The molecule has 7 heteroatoms. The number of carbonyl (C=O) groups excluding carboxylic acids is 2. The highest BCUT2D eigenvalue weighted by Crippen LogP contribution is 2.39. The Hall–Kier alpha value is -1.11. The van der Waals surface area contributed by atoms with Crippen LogP contribution in [0.15, 0.2) is 0 Å². The summed E-state index contributed by atoms with van der Waals surface area (Å²) >= 11 is 0. The summed E-state index contributed by atoms with van der Waals surface area (Å²) in [6.07, 6.45) is 6.71. The second kappa shape index (κ2) is 6.18. The maximum Gasteiger partial charge on any atom is 0.224 e. The molecule has 0 spiro atoms. The highest BCUT2D eigenvalue weighted by molar-refractivity contribution is 7.91. The highest BCUT2D eigenvalue weighted by atomic mass is 32.2. The van der Waals surface area contributed by atoms with Crippen LogP contribution in [0, 0.1) is 11.8 Å². The van der Waals surface area contributed by atoms with Crippen molar-refractivity contribution in [2.75, 3.05) is 11.5 Å². The lowest BCUT2D eigenvalue weighted by Crippen LogP contribution is -2.40. The van der Waals surface area contributed by atoms with Gasteiger partial charge in [0.05, 0.1) is 23.3 Å². The summed E-state index contributed by atoms with van der Waals surface area (Å²) in [4.78, 5) is 24.2. The fourth-order valence-electron chi connectivity index (χ4n) is 3.55. The Bertz CT molecular complexity index is 554. The Labute approximate surface area is 131 Å². The van der Waals surface area contributed by atoms with E-state index in [0.29, 0.717) is 12.8 Å². The van der Waals surface area contributed by atoms with E-state index in [2.05, 4.69) is 10.6 Å². The molecule has 3 rings (SSSR count). The van der Waals surface area contributed by atoms with E-state index in [1.165, 1.54) is 6.42 Å². The van der Waals surface area contributed by atoms with Crippen molar-refractivity contribution < 1.29 is 18.0 Å². The normalized spacial score (nSPS) is 34.1. The number of carbonyl (C=O) groups is 2. The smallest absolute Gasteiger partial charge is 0.224 e. The molecule has 0 aromatic carbocycles. The minimum atomic E-state index is -2.99. The largest absolute Gasteiger partial charge is 0.353 e. The van der Waals surface area contributed by atoms with Crippen LogP contribution in [0.3, 0.4) is 0 Å². The Morgan fingerprint density at radius 1 is 0.818 bits per heavy atom. The summed E-state index contributed by atoms with van der Waals surface area (Å²) in [5.41, 5.74) is 0. The zero-order chi connectivity index (χ0) is 15.7. The Morgan fingerprint density at radius 2 is 1.41 bits per heavy atom. The molecule has 2 amide bonds. The van der Waals surface area contributed by atoms with Crippen LogP contribution >= 0.6 is 0 Å². The van der Waals surface area contributed by atoms with Gasteiger partial charge >= 0.3 is 0 Å². The number of nitrogens with one attached hydrogen (secondary N) is 2. The Kier molecular flexibility index (Phi) is 4.43. The van der Waals surface area contributed by atoms with Crippen molar-refractivity contribution in [3.63, 3.8) is 0 Å². The minimum absolute atomic E-state index is 0.00825. The number of rotatable bonds is 4. The van der Waals surface area contributed by atoms with Gasteiger partial charge in [0.2, 0.25) is 11.8 Å². The molecule has 1 heterocycles. The lowest BCUT2D eigenvalue weighted by Gasteiger charge is -2.22. The van der Waals surface area contributed by atoms with E-state index < -0.39 is 9.84 Å². The summed E-state index contributed by atoms with van der Waals surface area (Å²) in [5.74, 6) is -0.484. The molecule has 2 saturated carbocycles. The molecule has 2 N–H and O–H groups in total. The number of hydrogen-bond acceptors (Lipinski definition) is 4. The zero-order valence-corrected chi connectivity index (χ0v) is 13.5. The Balaban J connectivity index is 1.43. The van der Waals surface area contributed by atoms with Crippen LogP contribution in [0.25, 0.3) is 0 Å². The predicted octanol–water partition coefficient (Wildman–Crippen LogP) is 0.375. The molecule has 1 saturated heterocycles. The summed E-state index contributed by atoms with van der Waals surface area (Å²) in [6, 6.07) is -0.00862. The second-order valence-corrected chi connectivity index (χ2v) is 9.13. The van der Waals surface area contributed by atoms with Crippen LogP contribution in [-0.4, -0.2) is 43.8 Å². The van der Waals surface area contributed by atoms with E-state index in [4.69, 9.17) is 0 Å². The summed E-state index contributed by atoms with van der Waals surface area (Å²) in [5, 5.41) is 5.84. The van der Waals surface area contributed by atoms with Crippen molar-refractivity contribution in [3.05, 3.63) is 0 Å². The van der Waals surface area contributed by atoms with Gasteiger partial charge in [0.1, 0.15) is 0 Å². The molecule has 3 atom stereocenters. The summed E-state index contributed by atoms with van der Waals surface area (Å²) < 4.78 is 22.8. The second-order valence-electron chi connectivity index (χ2n) is 6.90. The van der Waals surface area contributed by atoms with Crippen LogP contribution < -0.4 is 10.6 Å². The van der Waals surface area contributed by atoms with E-state index in [0.717, 1.165) is 25.7 Å². The molecule has 3 fully saturated rings. The molecule has 3 unspecified atom stereocenters. The molecule has 124 valence electrons. The molecular weight excluding hydrogens is 304 g/mol. The van der Waals surface area contributed by atoms with Crippen LogP contribution in [-0.2, 0) is 19.4 Å². The topological polar surface area (TPSA) is 92.3 Å². The average molecular weight is 328 g/mol. The van der Waals surface area contributed by atoms with E-state index in [-0.39, 0.29) is 47.2 Å². The number of amides is 2. The molecule has 0 bridgehead atoms. The standard InChI is InChI=1S/C15H24N2O4S/c18-14(16-10-4-2-1-3-5-10)12-8-13(12)15(19)17-11-6-7-22(20,21)9-11/h10-13H,1-9H2,(H,16,18)(H,17,19). The van der Waals surface area contributed by atoms with Gasteiger partial charge in [-0.25, -0.2) is 8.42 Å². The van der Waals surface area contributed by atoms with Gasteiger partial charge in [-0.3, -0.25) is 9.59 Å². The van der Waals surface area contributed by atoms with Crippen molar-refractivity contribution in [2.45, 2.75) is 57.0 Å². The molecule has 0 radical (unpaired) electrons. The van der Waals surface area contributed by atoms with Crippen LogP contribution in [0.4, 0.5) is 0 Å². The lowest BCUT2D eigenvalue weighted by molar-refractivity contribution is -0.128. The molecule has 3 aliphatic rings. The van der Waals surface area contributed by atoms with Gasteiger partial charge in [0.25, 0.3) is 0 Å². The van der Waals surface area contributed by atoms with Gasteiger partial charge in [-0.1, -0.05) is 19.3 Å². The van der Waals surface area contributed by atoms with E-state index in [9.17, 15) is 18.0 Å². The van der Waals surface area contributed by atoms with Gasteiger partial charge in [0.15, 0.2) is 9.84 Å². The summed E-state index contributed by atoms with van der Waals surface area (Å²) in [7, 11) is -2.99. The van der Waals surface area contributed by atoms with Crippen LogP contribution in [0.5, 0.6) is 0 Å². The minimum Gasteiger partial charge on any atom is -0.353 e.